The topological polar surface area (TPSA) is 87.8 Å². The molecule has 0 aliphatic heterocycles. The van der Waals surface area contributed by atoms with Crippen LogP contribution in [-0.2, 0) is 10.0 Å². The van der Waals surface area contributed by atoms with Crippen LogP contribution in [0.2, 0.25) is 0 Å². The van der Waals surface area contributed by atoms with Gasteiger partial charge in [-0.2, -0.15) is 10.4 Å². The van der Waals surface area contributed by atoms with Gasteiger partial charge < -0.3 is 0 Å². The van der Waals surface area contributed by atoms with E-state index in [2.05, 4.69) is 9.82 Å². The van der Waals surface area contributed by atoms with Crippen molar-refractivity contribution in [2.45, 2.75) is 31.7 Å². The molecule has 94 valence electrons. The van der Waals surface area contributed by atoms with Crippen LogP contribution in [0.25, 0.3) is 0 Å². The van der Waals surface area contributed by atoms with E-state index < -0.39 is 10.0 Å². The second-order valence-corrected chi connectivity index (χ2v) is 5.90. The summed E-state index contributed by atoms with van der Waals surface area (Å²) in [6.45, 7) is 5.58. The fourth-order valence-electron chi connectivity index (χ4n) is 1.11. The van der Waals surface area contributed by atoms with E-state index in [0.717, 1.165) is 0 Å². The van der Waals surface area contributed by atoms with Crippen molar-refractivity contribution in [2.24, 2.45) is 5.92 Å². The largest absolute Gasteiger partial charge is 0.269 e. The molecule has 1 atom stereocenters. The second-order valence-electron chi connectivity index (χ2n) is 4.13. The van der Waals surface area contributed by atoms with Gasteiger partial charge in [-0.15, -0.1) is 0 Å². The highest BCUT2D eigenvalue weighted by Crippen LogP contribution is 2.10. The highest BCUT2D eigenvalue weighted by molar-refractivity contribution is 7.89. The van der Waals surface area contributed by atoms with Gasteiger partial charge in [0, 0.05) is 18.8 Å². The van der Waals surface area contributed by atoms with Crippen molar-refractivity contribution in [3.8, 4) is 6.07 Å². The first kappa shape index (κ1) is 13.7. The highest BCUT2D eigenvalue weighted by atomic mass is 32.2. The van der Waals surface area contributed by atoms with Crippen LogP contribution in [-0.4, -0.2) is 24.7 Å². The van der Waals surface area contributed by atoms with Gasteiger partial charge in [-0.05, 0) is 20.8 Å². The van der Waals surface area contributed by atoms with Crippen LogP contribution < -0.4 is 4.72 Å². The number of sulfonamides is 1. The van der Waals surface area contributed by atoms with Gasteiger partial charge in [-0.3, -0.25) is 4.68 Å². The standard InChI is InChI=1S/C10H16N4O2S/c1-8(2)14-7-10(6-12-14)17(15,16)13-5-9(3)4-11/h6-9,13H,5H2,1-3H3/t9-/m1/s1. The van der Waals surface area contributed by atoms with Gasteiger partial charge in [0.1, 0.15) is 4.90 Å². The fraction of sp³-hybridized carbons (Fsp3) is 0.600. The average Bonchev–Trinajstić information content (AvgIpc) is 2.76. The van der Waals surface area contributed by atoms with Crippen molar-refractivity contribution in [2.75, 3.05) is 6.54 Å². The lowest BCUT2D eigenvalue weighted by atomic mass is 10.2. The molecule has 7 heteroatoms. The van der Waals surface area contributed by atoms with Gasteiger partial charge in [0.2, 0.25) is 10.0 Å². The van der Waals surface area contributed by atoms with Crippen LogP contribution in [0, 0.1) is 17.2 Å². The summed E-state index contributed by atoms with van der Waals surface area (Å²) in [5.74, 6) is -0.357. The first-order valence-corrected chi connectivity index (χ1v) is 6.78. The zero-order chi connectivity index (χ0) is 13.1. The van der Waals surface area contributed by atoms with E-state index in [9.17, 15) is 8.42 Å². The molecular weight excluding hydrogens is 240 g/mol. The zero-order valence-electron chi connectivity index (χ0n) is 10.1. The third kappa shape index (κ3) is 3.54. The van der Waals surface area contributed by atoms with Crippen molar-refractivity contribution < 1.29 is 8.42 Å². The molecular formula is C10H16N4O2S. The Morgan fingerprint density at radius 1 is 1.53 bits per heavy atom. The molecule has 0 radical (unpaired) electrons. The quantitative estimate of drug-likeness (QED) is 0.847. The number of rotatable bonds is 5. The maximum Gasteiger partial charge on any atom is 0.243 e. The summed E-state index contributed by atoms with van der Waals surface area (Å²) in [6.07, 6.45) is 2.78. The summed E-state index contributed by atoms with van der Waals surface area (Å²) in [7, 11) is -3.56. The SMILES string of the molecule is CC(C)n1cc(S(=O)(=O)NC[C@H](C)C#N)cn1. The molecule has 0 aliphatic rings. The summed E-state index contributed by atoms with van der Waals surface area (Å²) in [6, 6.07) is 2.07. The molecule has 0 unspecified atom stereocenters. The minimum atomic E-state index is -3.56. The van der Waals surface area contributed by atoms with Crippen LogP contribution in [0.15, 0.2) is 17.3 Å². The Hall–Kier alpha value is -1.39. The minimum absolute atomic E-state index is 0.103. The second kappa shape index (κ2) is 5.29. The Morgan fingerprint density at radius 2 is 2.18 bits per heavy atom. The van der Waals surface area contributed by atoms with Crippen LogP contribution in [0.3, 0.4) is 0 Å². The zero-order valence-corrected chi connectivity index (χ0v) is 10.9. The van der Waals surface area contributed by atoms with Gasteiger partial charge in [-0.25, -0.2) is 13.1 Å². The maximum absolute atomic E-state index is 11.8. The fourth-order valence-corrected chi connectivity index (χ4v) is 2.17. The number of hydrogen-bond donors (Lipinski definition) is 1. The van der Waals surface area contributed by atoms with E-state index in [4.69, 9.17) is 5.26 Å². The van der Waals surface area contributed by atoms with Gasteiger partial charge in [0.25, 0.3) is 0 Å². The molecule has 0 fully saturated rings. The van der Waals surface area contributed by atoms with E-state index in [-0.39, 0.29) is 23.4 Å². The van der Waals surface area contributed by atoms with Crippen molar-refractivity contribution in [1.29, 1.82) is 5.26 Å². The third-order valence-electron chi connectivity index (χ3n) is 2.22. The predicted molar refractivity (Wildman–Crippen MR) is 62.6 cm³/mol. The lowest BCUT2D eigenvalue weighted by Crippen LogP contribution is -2.27. The van der Waals surface area contributed by atoms with Gasteiger partial charge in [0.15, 0.2) is 0 Å². The molecule has 1 aromatic rings. The van der Waals surface area contributed by atoms with Gasteiger partial charge in [0.05, 0.1) is 18.2 Å². The minimum Gasteiger partial charge on any atom is -0.269 e. The summed E-state index contributed by atoms with van der Waals surface area (Å²) >= 11 is 0. The Kier molecular flexibility index (Phi) is 4.26. The molecule has 0 saturated carbocycles. The smallest absolute Gasteiger partial charge is 0.243 e. The first-order chi connectivity index (χ1) is 7.86. The summed E-state index contributed by atoms with van der Waals surface area (Å²) < 4.78 is 27.6. The average molecular weight is 256 g/mol. The molecule has 17 heavy (non-hydrogen) atoms. The van der Waals surface area contributed by atoms with Gasteiger partial charge >= 0.3 is 0 Å². The monoisotopic (exact) mass is 256 g/mol. The van der Waals surface area contributed by atoms with E-state index >= 15 is 0 Å². The first-order valence-electron chi connectivity index (χ1n) is 5.30. The molecule has 0 spiro atoms. The molecule has 0 bridgehead atoms. The van der Waals surface area contributed by atoms with E-state index in [0.29, 0.717) is 0 Å². The summed E-state index contributed by atoms with van der Waals surface area (Å²) in [5, 5.41) is 12.5. The third-order valence-corrected chi connectivity index (χ3v) is 3.60. The number of hydrogen-bond acceptors (Lipinski definition) is 4. The molecule has 0 saturated heterocycles. The number of aromatic nitrogens is 2. The Balaban J connectivity index is 2.80. The predicted octanol–water partition coefficient (Wildman–Crippen LogP) is 0.902. The van der Waals surface area contributed by atoms with E-state index in [1.807, 2.05) is 19.9 Å². The van der Waals surface area contributed by atoms with Crippen LogP contribution in [0.5, 0.6) is 0 Å². The number of nitrogens with zero attached hydrogens (tertiary/aromatic N) is 3. The van der Waals surface area contributed by atoms with Crippen molar-refractivity contribution in [3.63, 3.8) is 0 Å². The van der Waals surface area contributed by atoms with E-state index in [1.54, 1.807) is 11.6 Å². The number of nitriles is 1. The Morgan fingerprint density at radius 3 is 2.65 bits per heavy atom. The number of nitrogens with one attached hydrogen (secondary N) is 1. The highest BCUT2D eigenvalue weighted by Gasteiger charge is 2.17. The molecule has 1 heterocycles. The normalized spacial score (nSPS) is 13.6. The summed E-state index contributed by atoms with van der Waals surface area (Å²) in [4.78, 5) is 0.122. The maximum atomic E-state index is 11.8. The molecule has 0 aromatic carbocycles. The Labute approximate surface area is 101 Å². The molecule has 1 rings (SSSR count). The van der Waals surface area contributed by atoms with Crippen molar-refractivity contribution in [3.05, 3.63) is 12.4 Å². The molecule has 6 nitrogen and oxygen atoms in total. The molecule has 1 N–H and O–H groups in total. The summed E-state index contributed by atoms with van der Waals surface area (Å²) in [5.41, 5.74) is 0. The lowest BCUT2D eigenvalue weighted by Gasteiger charge is -2.06. The van der Waals surface area contributed by atoms with Gasteiger partial charge in [-0.1, -0.05) is 0 Å². The van der Waals surface area contributed by atoms with Crippen LogP contribution in [0.4, 0.5) is 0 Å². The lowest BCUT2D eigenvalue weighted by molar-refractivity contribution is 0.530. The van der Waals surface area contributed by atoms with Crippen LogP contribution >= 0.6 is 0 Å². The van der Waals surface area contributed by atoms with Crippen molar-refractivity contribution >= 4 is 10.0 Å². The van der Waals surface area contributed by atoms with Crippen LogP contribution in [0.1, 0.15) is 26.8 Å². The molecule has 1 aromatic heterocycles. The van der Waals surface area contributed by atoms with E-state index in [1.165, 1.54) is 12.4 Å². The van der Waals surface area contributed by atoms with Crippen molar-refractivity contribution in [1.82, 2.24) is 14.5 Å². The molecule has 0 aliphatic carbocycles. The molecule has 0 amide bonds. The Bertz CT molecular complexity index is 513.